The second kappa shape index (κ2) is 4.86. The van der Waals surface area contributed by atoms with E-state index in [-0.39, 0.29) is 0 Å². The maximum Gasteiger partial charge on any atom is -0.00466 e. The molecule has 1 aliphatic rings. The van der Waals surface area contributed by atoms with Gasteiger partial charge in [0.25, 0.3) is 0 Å². The lowest BCUT2D eigenvalue weighted by atomic mass is 9.70. The standard InChI is InChI=1S/C11H23N/c1-3-11(9-10-12-2)7-5-4-6-8-11/h12H,3-10H2,1-2H3. The maximum atomic E-state index is 3.27. The molecule has 1 rings (SSSR count). The molecule has 1 saturated carbocycles. The fraction of sp³-hybridized carbons (Fsp3) is 1.00. The molecule has 1 heteroatoms. The van der Waals surface area contributed by atoms with Crippen LogP contribution in [0.1, 0.15) is 51.9 Å². The first-order chi connectivity index (χ1) is 5.83. The highest BCUT2D eigenvalue weighted by Gasteiger charge is 2.28. The van der Waals surface area contributed by atoms with Crippen molar-refractivity contribution in [2.24, 2.45) is 5.41 Å². The molecule has 1 aliphatic carbocycles. The third-order valence-corrected chi connectivity index (χ3v) is 3.57. The summed E-state index contributed by atoms with van der Waals surface area (Å²) in [5, 5.41) is 3.27. The van der Waals surface area contributed by atoms with Crippen LogP contribution in [0.3, 0.4) is 0 Å². The summed E-state index contributed by atoms with van der Waals surface area (Å²) < 4.78 is 0. The third-order valence-electron chi connectivity index (χ3n) is 3.57. The van der Waals surface area contributed by atoms with Gasteiger partial charge in [0, 0.05) is 0 Å². The second-order valence-electron chi connectivity index (χ2n) is 4.27. The monoisotopic (exact) mass is 169 g/mol. The van der Waals surface area contributed by atoms with E-state index in [9.17, 15) is 0 Å². The van der Waals surface area contributed by atoms with Crippen molar-refractivity contribution < 1.29 is 0 Å². The highest BCUT2D eigenvalue weighted by molar-refractivity contribution is 4.81. The van der Waals surface area contributed by atoms with Gasteiger partial charge in [0.15, 0.2) is 0 Å². The Morgan fingerprint density at radius 2 is 1.83 bits per heavy atom. The van der Waals surface area contributed by atoms with Crippen LogP contribution in [0.2, 0.25) is 0 Å². The largest absolute Gasteiger partial charge is 0.320 e. The molecule has 1 nitrogen and oxygen atoms in total. The first kappa shape index (κ1) is 10.0. The van der Waals surface area contributed by atoms with Gasteiger partial charge in [0.2, 0.25) is 0 Å². The fourth-order valence-corrected chi connectivity index (χ4v) is 2.47. The van der Waals surface area contributed by atoms with Gasteiger partial charge in [-0.05, 0) is 38.3 Å². The van der Waals surface area contributed by atoms with E-state index in [1.165, 1.54) is 51.5 Å². The van der Waals surface area contributed by atoms with Gasteiger partial charge < -0.3 is 5.32 Å². The lowest BCUT2D eigenvalue weighted by Gasteiger charge is -2.36. The molecule has 0 unspecified atom stereocenters. The summed E-state index contributed by atoms with van der Waals surface area (Å²) in [4.78, 5) is 0. The smallest absolute Gasteiger partial charge is 0.00466 e. The van der Waals surface area contributed by atoms with Crippen molar-refractivity contribution in [3.05, 3.63) is 0 Å². The van der Waals surface area contributed by atoms with Crippen LogP contribution in [0.15, 0.2) is 0 Å². The molecule has 12 heavy (non-hydrogen) atoms. The predicted octanol–water partition coefficient (Wildman–Crippen LogP) is 2.96. The molecule has 1 N–H and O–H groups in total. The van der Waals surface area contributed by atoms with Gasteiger partial charge in [0.05, 0.1) is 0 Å². The Labute approximate surface area is 76.9 Å². The molecule has 0 saturated heterocycles. The van der Waals surface area contributed by atoms with Crippen LogP contribution in [0.4, 0.5) is 0 Å². The summed E-state index contributed by atoms with van der Waals surface area (Å²) in [7, 11) is 2.06. The van der Waals surface area contributed by atoms with Crippen LogP contribution in [0, 0.1) is 5.41 Å². The number of nitrogens with one attached hydrogen (secondary N) is 1. The van der Waals surface area contributed by atoms with Crippen molar-refractivity contribution in [3.63, 3.8) is 0 Å². The molecule has 1 fully saturated rings. The fourth-order valence-electron chi connectivity index (χ4n) is 2.47. The van der Waals surface area contributed by atoms with Crippen molar-refractivity contribution in [1.29, 1.82) is 0 Å². The van der Waals surface area contributed by atoms with Crippen molar-refractivity contribution in [2.75, 3.05) is 13.6 Å². The minimum atomic E-state index is 0.710. The predicted molar refractivity (Wildman–Crippen MR) is 54.4 cm³/mol. The second-order valence-corrected chi connectivity index (χ2v) is 4.27. The zero-order chi connectivity index (χ0) is 8.86. The Bertz CT molecular complexity index is 114. The Morgan fingerprint density at radius 3 is 2.33 bits per heavy atom. The van der Waals surface area contributed by atoms with Crippen LogP contribution < -0.4 is 5.32 Å². The molecule has 0 aromatic heterocycles. The number of rotatable bonds is 4. The summed E-state index contributed by atoms with van der Waals surface area (Å²) in [6, 6.07) is 0. The van der Waals surface area contributed by atoms with E-state index in [1.54, 1.807) is 0 Å². The normalized spacial score (nSPS) is 22.5. The number of hydrogen-bond acceptors (Lipinski definition) is 1. The Balaban J connectivity index is 2.37. The first-order valence-electron chi connectivity index (χ1n) is 5.47. The first-order valence-corrected chi connectivity index (χ1v) is 5.47. The molecule has 0 spiro atoms. The molecule has 0 atom stereocenters. The van der Waals surface area contributed by atoms with Crippen LogP contribution in [-0.2, 0) is 0 Å². The van der Waals surface area contributed by atoms with Gasteiger partial charge in [-0.15, -0.1) is 0 Å². The summed E-state index contributed by atoms with van der Waals surface area (Å²) >= 11 is 0. The van der Waals surface area contributed by atoms with E-state index < -0.39 is 0 Å². The Hall–Kier alpha value is -0.0400. The SMILES string of the molecule is CCC1(CCNC)CCCCC1. The molecule has 0 amide bonds. The zero-order valence-corrected chi connectivity index (χ0v) is 8.66. The van der Waals surface area contributed by atoms with Crippen LogP contribution in [-0.4, -0.2) is 13.6 Å². The van der Waals surface area contributed by atoms with Crippen molar-refractivity contribution in [1.82, 2.24) is 5.32 Å². The highest BCUT2D eigenvalue weighted by Crippen LogP contribution is 2.41. The average Bonchev–Trinajstić information content (AvgIpc) is 2.16. The van der Waals surface area contributed by atoms with Crippen molar-refractivity contribution in [2.45, 2.75) is 51.9 Å². The van der Waals surface area contributed by atoms with E-state index in [2.05, 4.69) is 19.3 Å². The van der Waals surface area contributed by atoms with E-state index >= 15 is 0 Å². The zero-order valence-electron chi connectivity index (χ0n) is 8.66. The highest BCUT2D eigenvalue weighted by atomic mass is 14.8. The van der Waals surface area contributed by atoms with E-state index in [1.807, 2.05) is 0 Å². The summed E-state index contributed by atoms with van der Waals surface area (Å²) in [6.45, 7) is 3.56. The lowest BCUT2D eigenvalue weighted by molar-refractivity contribution is 0.165. The maximum absolute atomic E-state index is 3.27. The van der Waals surface area contributed by atoms with Gasteiger partial charge in [-0.3, -0.25) is 0 Å². The molecule has 0 aromatic rings. The molecule has 72 valence electrons. The topological polar surface area (TPSA) is 12.0 Å². The quantitative estimate of drug-likeness (QED) is 0.682. The van der Waals surface area contributed by atoms with Gasteiger partial charge in [0.1, 0.15) is 0 Å². The number of hydrogen-bond donors (Lipinski definition) is 1. The molecular formula is C11H23N. The molecule has 0 radical (unpaired) electrons. The Kier molecular flexibility index (Phi) is 4.07. The minimum Gasteiger partial charge on any atom is -0.320 e. The minimum absolute atomic E-state index is 0.710. The van der Waals surface area contributed by atoms with E-state index in [0.717, 1.165) is 0 Å². The molecule has 0 heterocycles. The van der Waals surface area contributed by atoms with Crippen LogP contribution >= 0.6 is 0 Å². The third kappa shape index (κ3) is 2.48. The van der Waals surface area contributed by atoms with E-state index in [0.29, 0.717) is 5.41 Å². The molecular weight excluding hydrogens is 146 g/mol. The lowest BCUT2D eigenvalue weighted by Crippen LogP contribution is -2.27. The van der Waals surface area contributed by atoms with Crippen LogP contribution in [0.25, 0.3) is 0 Å². The van der Waals surface area contributed by atoms with Crippen molar-refractivity contribution >= 4 is 0 Å². The van der Waals surface area contributed by atoms with Gasteiger partial charge in [-0.2, -0.15) is 0 Å². The average molecular weight is 169 g/mol. The van der Waals surface area contributed by atoms with Gasteiger partial charge in [-0.1, -0.05) is 32.6 Å². The van der Waals surface area contributed by atoms with E-state index in [4.69, 9.17) is 0 Å². The van der Waals surface area contributed by atoms with Crippen LogP contribution in [0.5, 0.6) is 0 Å². The van der Waals surface area contributed by atoms with Gasteiger partial charge in [-0.25, -0.2) is 0 Å². The van der Waals surface area contributed by atoms with Crippen molar-refractivity contribution in [3.8, 4) is 0 Å². The molecule has 0 aromatic carbocycles. The summed E-state index contributed by atoms with van der Waals surface area (Å²) in [5.41, 5.74) is 0.710. The summed E-state index contributed by atoms with van der Waals surface area (Å²) in [5.74, 6) is 0. The molecule has 0 aliphatic heterocycles. The Morgan fingerprint density at radius 1 is 1.17 bits per heavy atom. The van der Waals surface area contributed by atoms with Gasteiger partial charge >= 0.3 is 0 Å². The molecule has 0 bridgehead atoms. The summed E-state index contributed by atoms with van der Waals surface area (Å²) in [6.07, 6.45) is 10.1.